The van der Waals surface area contributed by atoms with Gasteiger partial charge in [0.25, 0.3) is 0 Å². The van der Waals surface area contributed by atoms with Gasteiger partial charge >= 0.3 is 5.97 Å². The molecule has 0 aliphatic carbocycles. The van der Waals surface area contributed by atoms with Crippen molar-refractivity contribution in [3.8, 4) is 5.75 Å². The summed E-state index contributed by atoms with van der Waals surface area (Å²) >= 11 is 6.53. The molecule has 0 heterocycles. The summed E-state index contributed by atoms with van der Waals surface area (Å²) in [7, 11) is 0. The second-order valence-electron chi connectivity index (χ2n) is 3.16. The largest absolute Gasteiger partial charge is 0.488 e. The molecule has 0 radical (unpaired) electrons. The number of aliphatic carboxylic acids is 1. The van der Waals surface area contributed by atoms with Gasteiger partial charge in [0.15, 0.2) is 0 Å². The van der Waals surface area contributed by atoms with Crippen molar-refractivity contribution in [2.75, 3.05) is 6.61 Å². The highest BCUT2D eigenvalue weighted by atomic mass is 79.9. The van der Waals surface area contributed by atoms with Gasteiger partial charge in [0.1, 0.15) is 12.4 Å². The number of carbonyl (C=O) groups is 1. The molecular weight excluding hydrogens is 352 g/mol. The van der Waals surface area contributed by atoms with Gasteiger partial charge in [-0.15, -0.1) is 0 Å². The number of halogens is 2. The lowest BCUT2D eigenvalue weighted by molar-refractivity contribution is -0.131. The number of rotatable bonds is 5. The molecule has 0 saturated heterocycles. The van der Waals surface area contributed by atoms with Gasteiger partial charge in [0, 0.05) is 15.0 Å². The van der Waals surface area contributed by atoms with Crippen LogP contribution in [0.15, 0.2) is 39.8 Å². The third kappa shape index (κ3) is 5.19. The Balaban J connectivity index is 2.86. The minimum Gasteiger partial charge on any atom is -0.488 e. The molecule has 0 aliphatic heterocycles. The van der Waals surface area contributed by atoms with E-state index in [-0.39, 0.29) is 0 Å². The summed E-state index contributed by atoms with van der Waals surface area (Å²) < 4.78 is 6.97. The van der Waals surface area contributed by atoms with Crippen molar-refractivity contribution in [1.82, 2.24) is 0 Å². The minimum atomic E-state index is -0.989. The molecular formula is C12H10Br2O3. The topological polar surface area (TPSA) is 46.5 Å². The second-order valence-corrected chi connectivity index (χ2v) is 5.14. The Labute approximate surface area is 116 Å². The summed E-state index contributed by atoms with van der Waals surface area (Å²) in [6.45, 7) is 4.03. The van der Waals surface area contributed by atoms with E-state index in [1.165, 1.54) is 6.08 Å². The second kappa shape index (κ2) is 6.61. The van der Waals surface area contributed by atoms with Gasteiger partial charge in [-0.2, -0.15) is 0 Å². The Morgan fingerprint density at radius 3 is 2.82 bits per heavy atom. The summed E-state index contributed by atoms with van der Waals surface area (Å²) in [5.41, 5.74) is 0.741. The van der Waals surface area contributed by atoms with Gasteiger partial charge < -0.3 is 9.84 Å². The van der Waals surface area contributed by atoms with Crippen molar-refractivity contribution in [2.45, 2.75) is 0 Å². The number of ether oxygens (including phenoxy) is 1. The Hall–Kier alpha value is -1.07. The Kier molecular flexibility index (Phi) is 5.44. The van der Waals surface area contributed by atoms with E-state index in [1.807, 2.05) is 0 Å². The van der Waals surface area contributed by atoms with Crippen LogP contribution in [0.2, 0.25) is 0 Å². The Morgan fingerprint density at radius 2 is 2.24 bits per heavy atom. The van der Waals surface area contributed by atoms with Crippen LogP contribution in [-0.2, 0) is 4.79 Å². The van der Waals surface area contributed by atoms with Crippen molar-refractivity contribution in [3.63, 3.8) is 0 Å². The molecule has 0 atom stereocenters. The molecule has 0 unspecified atom stereocenters. The van der Waals surface area contributed by atoms with Crippen LogP contribution in [0.25, 0.3) is 6.08 Å². The zero-order chi connectivity index (χ0) is 12.8. The van der Waals surface area contributed by atoms with Gasteiger partial charge in [-0.1, -0.05) is 38.4 Å². The van der Waals surface area contributed by atoms with Crippen molar-refractivity contribution in [2.24, 2.45) is 0 Å². The zero-order valence-electron chi connectivity index (χ0n) is 8.82. The van der Waals surface area contributed by atoms with Crippen LogP contribution in [0.4, 0.5) is 0 Å². The average Bonchev–Trinajstić information content (AvgIpc) is 2.26. The fourth-order valence-electron chi connectivity index (χ4n) is 1.06. The van der Waals surface area contributed by atoms with E-state index in [9.17, 15) is 4.79 Å². The summed E-state index contributed by atoms with van der Waals surface area (Å²) in [6.07, 6.45) is 2.58. The lowest BCUT2D eigenvalue weighted by Crippen LogP contribution is -1.96. The molecule has 1 aromatic carbocycles. The van der Waals surface area contributed by atoms with E-state index >= 15 is 0 Å². The third-order valence-corrected chi connectivity index (χ3v) is 2.72. The Morgan fingerprint density at radius 1 is 1.53 bits per heavy atom. The van der Waals surface area contributed by atoms with E-state index < -0.39 is 5.97 Å². The van der Waals surface area contributed by atoms with Gasteiger partial charge in [-0.05, 0) is 29.8 Å². The summed E-state index contributed by atoms with van der Waals surface area (Å²) in [6, 6.07) is 5.34. The van der Waals surface area contributed by atoms with E-state index in [0.717, 1.165) is 20.6 Å². The SMILES string of the molecule is C=C(Br)COc1ccc(Br)c(/C=C/C(=O)O)c1. The maximum Gasteiger partial charge on any atom is 0.328 e. The molecule has 3 nitrogen and oxygen atoms in total. The molecule has 0 fully saturated rings. The molecule has 1 rings (SSSR count). The van der Waals surface area contributed by atoms with Crippen molar-refractivity contribution >= 4 is 43.9 Å². The summed E-state index contributed by atoms with van der Waals surface area (Å²) in [5, 5.41) is 8.56. The molecule has 0 spiro atoms. The molecule has 5 heteroatoms. The van der Waals surface area contributed by atoms with Crippen molar-refractivity contribution < 1.29 is 14.6 Å². The van der Waals surface area contributed by atoms with Crippen LogP contribution in [-0.4, -0.2) is 17.7 Å². The van der Waals surface area contributed by atoms with Crippen LogP contribution >= 0.6 is 31.9 Å². The first-order chi connectivity index (χ1) is 7.99. The standard InChI is InChI=1S/C12H10Br2O3/c1-8(13)7-17-10-3-4-11(14)9(6-10)2-5-12(15)16/h2-6H,1,7H2,(H,15,16)/b5-2+. The summed E-state index contributed by atoms with van der Waals surface area (Å²) in [5.74, 6) is -0.337. The summed E-state index contributed by atoms with van der Waals surface area (Å²) in [4.78, 5) is 10.4. The highest BCUT2D eigenvalue weighted by Crippen LogP contribution is 2.24. The van der Waals surface area contributed by atoms with E-state index in [4.69, 9.17) is 9.84 Å². The molecule has 17 heavy (non-hydrogen) atoms. The quantitative estimate of drug-likeness (QED) is 0.810. The lowest BCUT2D eigenvalue weighted by Gasteiger charge is -2.06. The predicted octanol–water partition coefficient (Wildman–Crippen LogP) is 3.83. The molecule has 0 bridgehead atoms. The van der Waals surface area contributed by atoms with Crippen molar-refractivity contribution in [1.29, 1.82) is 0 Å². The number of hydrogen-bond donors (Lipinski definition) is 1. The van der Waals surface area contributed by atoms with Gasteiger partial charge in [-0.3, -0.25) is 0 Å². The average molecular weight is 362 g/mol. The molecule has 0 aromatic heterocycles. The van der Waals surface area contributed by atoms with Crippen LogP contribution in [0.3, 0.4) is 0 Å². The van der Waals surface area contributed by atoms with Gasteiger partial charge in [0.2, 0.25) is 0 Å². The highest BCUT2D eigenvalue weighted by molar-refractivity contribution is 9.11. The first-order valence-electron chi connectivity index (χ1n) is 4.65. The molecule has 1 aromatic rings. The van der Waals surface area contributed by atoms with Crippen LogP contribution in [0, 0.1) is 0 Å². The smallest absolute Gasteiger partial charge is 0.328 e. The number of carboxylic acids is 1. The molecule has 1 N–H and O–H groups in total. The fourth-order valence-corrected chi connectivity index (χ4v) is 1.56. The monoisotopic (exact) mass is 360 g/mol. The molecule has 0 aliphatic rings. The first-order valence-corrected chi connectivity index (χ1v) is 6.24. The highest BCUT2D eigenvalue weighted by Gasteiger charge is 2.01. The number of hydrogen-bond acceptors (Lipinski definition) is 2. The van der Waals surface area contributed by atoms with Crippen LogP contribution in [0.1, 0.15) is 5.56 Å². The van der Waals surface area contributed by atoms with Crippen molar-refractivity contribution in [3.05, 3.63) is 45.4 Å². The third-order valence-electron chi connectivity index (χ3n) is 1.77. The van der Waals surface area contributed by atoms with E-state index in [0.29, 0.717) is 12.4 Å². The maximum absolute atomic E-state index is 10.4. The molecule has 0 amide bonds. The molecule has 0 saturated carbocycles. The van der Waals surface area contributed by atoms with E-state index in [1.54, 1.807) is 18.2 Å². The number of benzene rings is 1. The van der Waals surface area contributed by atoms with Gasteiger partial charge in [-0.25, -0.2) is 4.79 Å². The van der Waals surface area contributed by atoms with E-state index in [2.05, 4.69) is 38.4 Å². The predicted molar refractivity (Wildman–Crippen MR) is 74.4 cm³/mol. The zero-order valence-corrected chi connectivity index (χ0v) is 12.0. The van der Waals surface area contributed by atoms with Crippen LogP contribution in [0.5, 0.6) is 5.75 Å². The normalized spacial score (nSPS) is 10.5. The maximum atomic E-state index is 10.4. The number of carboxylic acid groups (broad SMARTS) is 1. The minimum absolute atomic E-state index is 0.365. The lowest BCUT2D eigenvalue weighted by atomic mass is 10.2. The van der Waals surface area contributed by atoms with Gasteiger partial charge in [0.05, 0.1) is 0 Å². The first kappa shape index (κ1) is 14.0. The van der Waals surface area contributed by atoms with Crippen LogP contribution < -0.4 is 4.74 Å². The fraction of sp³-hybridized carbons (Fsp3) is 0.0833. The Bertz CT molecular complexity index is 467. The molecule has 90 valence electrons.